The normalized spacial score (nSPS) is 21.1. The summed E-state index contributed by atoms with van der Waals surface area (Å²) >= 11 is 0. The Bertz CT molecular complexity index is 1110. The average molecular weight is 575 g/mol. The number of H-pyrrole nitrogens is 1. The van der Waals surface area contributed by atoms with Crippen molar-refractivity contribution in [3.8, 4) is 6.07 Å². The van der Waals surface area contributed by atoms with Crippen LogP contribution in [0.5, 0.6) is 0 Å². The van der Waals surface area contributed by atoms with Gasteiger partial charge in [0.05, 0.1) is 38.4 Å². The first kappa shape index (κ1) is 32.5. The van der Waals surface area contributed by atoms with Gasteiger partial charge < -0.3 is 22.8 Å². The maximum atomic E-state index is 12.9. The molecule has 0 spiro atoms. The predicted octanol–water partition coefficient (Wildman–Crippen LogP) is 4.57. The molecular formula is C24H40N4O8P2. The molecule has 0 radical (unpaired) electrons. The minimum absolute atomic E-state index is 0.0703. The Kier molecular flexibility index (Phi) is 13.0. The molecule has 1 aromatic rings. The highest BCUT2D eigenvalue weighted by Gasteiger charge is 2.41. The summed E-state index contributed by atoms with van der Waals surface area (Å²) in [4.78, 5) is 27.1. The van der Waals surface area contributed by atoms with Crippen LogP contribution in [-0.4, -0.2) is 58.3 Å². The van der Waals surface area contributed by atoms with Gasteiger partial charge in [0.15, 0.2) is 6.23 Å². The van der Waals surface area contributed by atoms with Gasteiger partial charge in [-0.25, -0.2) is 9.46 Å². The van der Waals surface area contributed by atoms with Crippen LogP contribution in [0.2, 0.25) is 0 Å². The van der Waals surface area contributed by atoms with Crippen molar-refractivity contribution in [3.63, 3.8) is 0 Å². The third-order valence-electron chi connectivity index (χ3n) is 5.51. The SMILES string of the molecule is CCOP(=O)(/C=C/[C@@H]1CC(OP(OCCC#N)N(C(C)C)C(C)C)[C@H](n2cc(C)c(=O)[nH]c2=O)O1)OCC. The highest BCUT2D eigenvalue weighted by atomic mass is 31.2. The van der Waals surface area contributed by atoms with Crippen LogP contribution in [0.3, 0.4) is 0 Å². The lowest BCUT2D eigenvalue weighted by Crippen LogP contribution is -2.38. The first-order chi connectivity index (χ1) is 18.0. The third-order valence-corrected chi connectivity index (χ3v) is 9.44. The number of hydrogen-bond donors (Lipinski definition) is 1. The van der Waals surface area contributed by atoms with Gasteiger partial charge in [0.1, 0.15) is 6.10 Å². The molecule has 1 aliphatic heterocycles. The van der Waals surface area contributed by atoms with Crippen molar-refractivity contribution in [1.29, 1.82) is 5.26 Å². The quantitative estimate of drug-likeness (QED) is 0.233. The number of nitriles is 1. The number of aryl methyl sites for hydroxylation is 1. The van der Waals surface area contributed by atoms with Crippen LogP contribution >= 0.6 is 16.1 Å². The Morgan fingerprint density at radius 2 is 1.89 bits per heavy atom. The molecule has 38 heavy (non-hydrogen) atoms. The van der Waals surface area contributed by atoms with Gasteiger partial charge in [-0.1, -0.05) is 0 Å². The lowest BCUT2D eigenvalue weighted by molar-refractivity contribution is -0.0246. The Morgan fingerprint density at radius 1 is 1.26 bits per heavy atom. The van der Waals surface area contributed by atoms with E-state index in [2.05, 4.69) is 15.7 Å². The number of aromatic nitrogens is 2. The molecule has 1 saturated heterocycles. The van der Waals surface area contributed by atoms with Gasteiger partial charge in [0.25, 0.3) is 14.1 Å². The molecule has 0 saturated carbocycles. The van der Waals surface area contributed by atoms with Crippen LogP contribution in [0.4, 0.5) is 0 Å². The number of rotatable bonds is 15. The predicted molar refractivity (Wildman–Crippen MR) is 145 cm³/mol. The molecule has 2 unspecified atom stereocenters. The molecular weight excluding hydrogens is 534 g/mol. The molecule has 1 N–H and O–H groups in total. The number of ether oxygens (including phenoxy) is 1. The highest BCUT2D eigenvalue weighted by Crippen LogP contribution is 2.52. The lowest BCUT2D eigenvalue weighted by Gasteiger charge is -2.37. The van der Waals surface area contributed by atoms with Crippen LogP contribution in [0.15, 0.2) is 27.7 Å². The molecule has 214 valence electrons. The van der Waals surface area contributed by atoms with Crippen LogP contribution in [-0.2, 0) is 27.4 Å². The van der Waals surface area contributed by atoms with Gasteiger partial charge in [-0.2, -0.15) is 5.26 Å². The summed E-state index contributed by atoms with van der Waals surface area (Å²) in [6, 6.07) is 2.21. The van der Waals surface area contributed by atoms with Gasteiger partial charge in [-0.15, -0.1) is 0 Å². The summed E-state index contributed by atoms with van der Waals surface area (Å²) in [7, 11) is -5.11. The standard InChI is InChI=1S/C24H40N4O8P2/c1-8-33-38(31,34-9-2)14-11-20-15-21(23(35-20)27-16-19(7)22(29)26-24(27)30)36-37(32-13-10-12-25)28(17(3)4)18(5)6/h11,14,16-18,20-21,23H,8-10,13,15H2,1-7H3,(H,26,29,30)/b14-11+/t20-,21?,23-,37?/m1/s1. The van der Waals surface area contributed by atoms with E-state index in [1.165, 1.54) is 16.6 Å². The van der Waals surface area contributed by atoms with Crippen molar-refractivity contribution in [2.24, 2.45) is 0 Å². The van der Waals surface area contributed by atoms with Gasteiger partial charge in [0, 0.05) is 36.1 Å². The van der Waals surface area contributed by atoms with Crippen molar-refractivity contribution >= 4 is 16.1 Å². The average Bonchev–Trinajstić information content (AvgIpc) is 3.22. The fraction of sp³-hybridized carbons (Fsp3) is 0.708. The summed E-state index contributed by atoms with van der Waals surface area (Å²) in [5.74, 6) is 1.37. The van der Waals surface area contributed by atoms with E-state index in [1.807, 2.05) is 27.7 Å². The van der Waals surface area contributed by atoms with Crippen molar-refractivity contribution in [3.05, 3.63) is 44.5 Å². The third kappa shape index (κ3) is 8.94. The molecule has 12 nitrogen and oxygen atoms in total. The number of nitrogens with one attached hydrogen (secondary N) is 1. The van der Waals surface area contributed by atoms with Gasteiger partial charge in [-0.3, -0.25) is 18.9 Å². The number of hydrogen-bond acceptors (Lipinski definition) is 10. The largest absolute Gasteiger partial charge is 0.353 e. The first-order valence-corrected chi connectivity index (χ1v) is 15.5. The molecule has 1 fully saturated rings. The molecule has 0 bridgehead atoms. The summed E-state index contributed by atoms with van der Waals surface area (Å²) < 4.78 is 45.7. The minimum atomic E-state index is -3.47. The second-order valence-corrected chi connectivity index (χ2v) is 12.5. The van der Waals surface area contributed by atoms with Crippen molar-refractivity contribution in [2.75, 3.05) is 19.8 Å². The van der Waals surface area contributed by atoms with E-state index >= 15 is 0 Å². The molecule has 14 heteroatoms. The zero-order valence-electron chi connectivity index (χ0n) is 23.2. The topological polar surface area (TPSA) is 145 Å². The van der Waals surface area contributed by atoms with E-state index < -0.39 is 45.8 Å². The van der Waals surface area contributed by atoms with Crippen LogP contribution in [0.1, 0.15) is 66.2 Å². The van der Waals surface area contributed by atoms with Crippen LogP contribution in [0.25, 0.3) is 0 Å². The van der Waals surface area contributed by atoms with E-state index in [1.54, 1.807) is 26.8 Å². The molecule has 0 amide bonds. The van der Waals surface area contributed by atoms with Crippen molar-refractivity contribution < 1.29 is 27.4 Å². The maximum absolute atomic E-state index is 12.9. The molecule has 2 rings (SSSR count). The van der Waals surface area contributed by atoms with Crippen LogP contribution in [0, 0.1) is 18.3 Å². The zero-order valence-corrected chi connectivity index (χ0v) is 24.9. The molecule has 2 heterocycles. The summed E-state index contributed by atoms with van der Waals surface area (Å²) in [5, 5.41) is 9.01. The molecule has 0 aliphatic carbocycles. The molecule has 0 aromatic carbocycles. The van der Waals surface area contributed by atoms with E-state index in [0.29, 0.717) is 12.0 Å². The summed E-state index contributed by atoms with van der Waals surface area (Å²) in [5.41, 5.74) is -0.792. The number of aromatic amines is 1. The Balaban J connectivity index is 2.46. The van der Waals surface area contributed by atoms with Gasteiger partial charge >= 0.3 is 13.3 Å². The van der Waals surface area contributed by atoms with E-state index in [-0.39, 0.29) is 38.3 Å². The Hall–Kier alpha value is -1.67. The molecule has 1 aliphatic rings. The van der Waals surface area contributed by atoms with Crippen LogP contribution < -0.4 is 11.2 Å². The summed E-state index contributed by atoms with van der Waals surface area (Å²) in [6.07, 6.45) is 1.35. The van der Waals surface area contributed by atoms with Gasteiger partial charge in [-0.05, 0) is 54.5 Å². The lowest BCUT2D eigenvalue weighted by atomic mass is 10.2. The summed E-state index contributed by atoms with van der Waals surface area (Å²) in [6.45, 7) is 13.7. The second-order valence-electron chi connectivity index (χ2n) is 9.19. The number of nitrogens with zero attached hydrogens (tertiary/aromatic N) is 3. The zero-order chi connectivity index (χ0) is 28.5. The van der Waals surface area contributed by atoms with E-state index in [0.717, 1.165) is 0 Å². The Labute approximate surface area is 225 Å². The van der Waals surface area contributed by atoms with E-state index in [9.17, 15) is 14.2 Å². The monoisotopic (exact) mass is 574 g/mol. The van der Waals surface area contributed by atoms with Crippen molar-refractivity contribution in [2.45, 2.75) is 91.8 Å². The fourth-order valence-corrected chi connectivity index (χ4v) is 7.10. The minimum Gasteiger partial charge on any atom is -0.348 e. The first-order valence-electron chi connectivity index (χ1n) is 12.8. The second kappa shape index (κ2) is 15.2. The van der Waals surface area contributed by atoms with Gasteiger partial charge in [0.2, 0.25) is 0 Å². The van der Waals surface area contributed by atoms with E-state index in [4.69, 9.17) is 28.1 Å². The smallest absolute Gasteiger partial charge is 0.348 e. The highest BCUT2D eigenvalue weighted by molar-refractivity contribution is 7.57. The Morgan fingerprint density at radius 3 is 2.45 bits per heavy atom. The molecule has 4 atom stereocenters. The fourth-order valence-electron chi connectivity index (χ4n) is 4.00. The maximum Gasteiger partial charge on any atom is 0.353 e. The molecule has 1 aromatic heterocycles. The van der Waals surface area contributed by atoms with Crippen molar-refractivity contribution in [1.82, 2.24) is 14.2 Å².